The zero-order valence-electron chi connectivity index (χ0n) is 17.9. The van der Waals surface area contributed by atoms with Gasteiger partial charge in [-0.25, -0.2) is 4.98 Å². The van der Waals surface area contributed by atoms with E-state index in [0.717, 1.165) is 42.5 Å². The van der Waals surface area contributed by atoms with Gasteiger partial charge in [-0.2, -0.15) is 0 Å². The van der Waals surface area contributed by atoms with Crippen molar-refractivity contribution in [2.24, 2.45) is 5.92 Å². The standard InChI is InChI=1S/C26H32N4/c1-2-19-3-8-22(9-4-19)27-15-16-28-23-10-13-25-21(17-23)7-14-26(29-25)30-18-20-5-11-24(30)12-6-20/h3-4,7-10,13-14,17,20,24,27-28H,2,5-6,11-12,15-16,18H2,1H3. The van der Waals surface area contributed by atoms with Gasteiger partial charge in [0.25, 0.3) is 0 Å². The molecule has 0 radical (unpaired) electrons. The number of rotatable bonds is 7. The summed E-state index contributed by atoms with van der Waals surface area (Å²) in [5, 5.41) is 8.21. The maximum atomic E-state index is 4.99. The normalized spacial score (nSPS) is 20.5. The van der Waals surface area contributed by atoms with Crippen molar-refractivity contribution in [3.8, 4) is 0 Å². The van der Waals surface area contributed by atoms with Crippen molar-refractivity contribution in [3.05, 3.63) is 60.2 Å². The van der Waals surface area contributed by atoms with Crippen molar-refractivity contribution in [1.82, 2.24) is 4.98 Å². The first kappa shape index (κ1) is 19.2. The molecule has 2 N–H and O–H groups in total. The van der Waals surface area contributed by atoms with E-state index < -0.39 is 0 Å². The van der Waals surface area contributed by atoms with Crippen LogP contribution in [0.3, 0.4) is 0 Å². The Morgan fingerprint density at radius 2 is 1.60 bits per heavy atom. The second kappa shape index (κ2) is 8.55. The summed E-state index contributed by atoms with van der Waals surface area (Å²) in [6, 6.07) is 20.4. The number of pyridine rings is 1. The monoisotopic (exact) mass is 400 g/mol. The number of nitrogens with one attached hydrogen (secondary N) is 2. The van der Waals surface area contributed by atoms with E-state index in [1.165, 1.54) is 48.9 Å². The van der Waals surface area contributed by atoms with Gasteiger partial charge >= 0.3 is 0 Å². The maximum Gasteiger partial charge on any atom is 0.129 e. The van der Waals surface area contributed by atoms with Crippen molar-refractivity contribution in [2.75, 3.05) is 35.2 Å². The molecule has 1 aromatic heterocycles. The minimum Gasteiger partial charge on any atom is -0.383 e. The summed E-state index contributed by atoms with van der Waals surface area (Å²) in [5.41, 5.74) is 4.79. The Balaban J connectivity index is 1.19. The molecule has 1 aliphatic carbocycles. The first-order chi connectivity index (χ1) is 14.8. The molecule has 3 fully saturated rings. The van der Waals surface area contributed by atoms with Crippen LogP contribution in [0.15, 0.2) is 54.6 Å². The van der Waals surface area contributed by atoms with Crippen LogP contribution in [0.5, 0.6) is 0 Å². The summed E-state index contributed by atoms with van der Waals surface area (Å²) >= 11 is 0. The molecule has 0 spiro atoms. The van der Waals surface area contributed by atoms with Crippen LogP contribution in [-0.2, 0) is 6.42 Å². The van der Waals surface area contributed by atoms with Gasteiger partial charge in [0.1, 0.15) is 5.82 Å². The fraction of sp³-hybridized carbons (Fsp3) is 0.423. The van der Waals surface area contributed by atoms with Crippen molar-refractivity contribution in [1.29, 1.82) is 0 Å². The largest absolute Gasteiger partial charge is 0.383 e. The molecule has 4 heteroatoms. The Morgan fingerprint density at radius 1 is 0.867 bits per heavy atom. The highest BCUT2D eigenvalue weighted by Gasteiger charge is 2.34. The van der Waals surface area contributed by atoms with Gasteiger partial charge in [0.2, 0.25) is 0 Å². The maximum absolute atomic E-state index is 4.99. The Kier molecular flexibility index (Phi) is 5.48. The molecule has 1 saturated carbocycles. The molecule has 2 aliphatic heterocycles. The fourth-order valence-electron chi connectivity index (χ4n) is 5.00. The number of aryl methyl sites for hydroxylation is 1. The van der Waals surface area contributed by atoms with Crippen LogP contribution >= 0.6 is 0 Å². The lowest BCUT2D eigenvalue weighted by atomic mass is 9.80. The van der Waals surface area contributed by atoms with Gasteiger partial charge < -0.3 is 15.5 Å². The summed E-state index contributed by atoms with van der Waals surface area (Å²) in [6.45, 7) is 5.14. The summed E-state index contributed by atoms with van der Waals surface area (Å²) in [5.74, 6) is 2.04. The molecule has 6 rings (SSSR count). The third kappa shape index (κ3) is 4.09. The quantitative estimate of drug-likeness (QED) is 0.499. The van der Waals surface area contributed by atoms with Crippen LogP contribution in [0, 0.1) is 5.92 Å². The van der Waals surface area contributed by atoms with E-state index in [1.54, 1.807) is 0 Å². The van der Waals surface area contributed by atoms with Gasteiger partial charge in [-0.1, -0.05) is 19.1 Å². The summed E-state index contributed by atoms with van der Waals surface area (Å²) in [7, 11) is 0. The van der Waals surface area contributed by atoms with Crippen LogP contribution in [0.4, 0.5) is 17.2 Å². The molecule has 4 nitrogen and oxygen atoms in total. The molecule has 156 valence electrons. The molecule has 3 heterocycles. The third-order valence-corrected chi connectivity index (χ3v) is 6.83. The van der Waals surface area contributed by atoms with Gasteiger partial charge in [-0.15, -0.1) is 0 Å². The number of anilines is 3. The molecule has 3 aliphatic rings. The molecule has 30 heavy (non-hydrogen) atoms. The predicted octanol–water partition coefficient (Wildman–Crippen LogP) is 5.70. The highest BCUT2D eigenvalue weighted by Crippen LogP contribution is 2.37. The lowest BCUT2D eigenvalue weighted by Gasteiger charge is -2.46. The second-order valence-corrected chi connectivity index (χ2v) is 8.81. The van der Waals surface area contributed by atoms with E-state index in [9.17, 15) is 0 Å². The summed E-state index contributed by atoms with van der Waals surface area (Å²) in [4.78, 5) is 7.55. The Labute approximate surface area is 179 Å². The molecule has 2 bridgehead atoms. The van der Waals surface area contributed by atoms with E-state index in [1.807, 2.05) is 0 Å². The average molecular weight is 401 g/mol. The first-order valence-electron chi connectivity index (χ1n) is 11.5. The smallest absolute Gasteiger partial charge is 0.129 e. The molecule has 0 atom stereocenters. The second-order valence-electron chi connectivity index (χ2n) is 8.81. The van der Waals surface area contributed by atoms with Crippen LogP contribution in [0.25, 0.3) is 10.9 Å². The molecule has 0 amide bonds. The number of hydrogen-bond donors (Lipinski definition) is 2. The predicted molar refractivity (Wildman–Crippen MR) is 128 cm³/mol. The van der Waals surface area contributed by atoms with Crippen molar-refractivity contribution < 1.29 is 0 Å². The lowest BCUT2D eigenvalue weighted by Crippen LogP contribution is -2.48. The van der Waals surface area contributed by atoms with Crippen molar-refractivity contribution in [2.45, 2.75) is 45.1 Å². The van der Waals surface area contributed by atoms with Gasteiger partial charge in [0, 0.05) is 42.4 Å². The number of benzene rings is 2. The highest BCUT2D eigenvalue weighted by atomic mass is 15.2. The van der Waals surface area contributed by atoms with E-state index in [-0.39, 0.29) is 0 Å². The Hall–Kier alpha value is -2.75. The number of nitrogens with zero attached hydrogens (tertiary/aromatic N) is 2. The number of fused-ring (bicyclic) bond motifs is 4. The molecular weight excluding hydrogens is 368 g/mol. The van der Waals surface area contributed by atoms with Crippen molar-refractivity contribution >= 4 is 28.1 Å². The number of hydrogen-bond acceptors (Lipinski definition) is 4. The van der Waals surface area contributed by atoms with E-state index >= 15 is 0 Å². The average Bonchev–Trinajstić information content (AvgIpc) is 2.82. The van der Waals surface area contributed by atoms with Crippen LogP contribution in [0.2, 0.25) is 0 Å². The highest BCUT2D eigenvalue weighted by molar-refractivity contribution is 5.84. The topological polar surface area (TPSA) is 40.2 Å². The number of piperidine rings is 2. The Morgan fingerprint density at radius 3 is 2.30 bits per heavy atom. The van der Waals surface area contributed by atoms with E-state index in [0.29, 0.717) is 6.04 Å². The molecular formula is C26H32N4. The van der Waals surface area contributed by atoms with Crippen LogP contribution in [-0.4, -0.2) is 30.7 Å². The summed E-state index contributed by atoms with van der Waals surface area (Å²) in [6.07, 6.45) is 6.57. The van der Waals surface area contributed by atoms with Gasteiger partial charge in [-0.05, 0) is 86.1 Å². The van der Waals surface area contributed by atoms with Gasteiger partial charge in [-0.3, -0.25) is 0 Å². The molecule has 2 saturated heterocycles. The van der Waals surface area contributed by atoms with E-state index in [2.05, 4.69) is 77.1 Å². The lowest BCUT2D eigenvalue weighted by molar-refractivity contribution is 0.251. The van der Waals surface area contributed by atoms with Gasteiger partial charge in [0.15, 0.2) is 0 Å². The van der Waals surface area contributed by atoms with Crippen LogP contribution in [0.1, 0.15) is 38.2 Å². The van der Waals surface area contributed by atoms with Crippen LogP contribution < -0.4 is 15.5 Å². The molecule has 0 unspecified atom stereocenters. The summed E-state index contributed by atoms with van der Waals surface area (Å²) < 4.78 is 0. The minimum atomic E-state index is 0.701. The van der Waals surface area contributed by atoms with E-state index in [4.69, 9.17) is 4.98 Å². The first-order valence-corrected chi connectivity index (χ1v) is 11.5. The third-order valence-electron chi connectivity index (χ3n) is 6.83. The zero-order valence-corrected chi connectivity index (χ0v) is 17.9. The Bertz CT molecular complexity index is 990. The minimum absolute atomic E-state index is 0.701. The van der Waals surface area contributed by atoms with Crippen molar-refractivity contribution in [3.63, 3.8) is 0 Å². The SMILES string of the molecule is CCc1ccc(NCCNc2ccc3nc(N4CC5CCC4CC5)ccc3c2)cc1. The molecule has 3 aromatic rings. The molecule has 2 aromatic carbocycles. The zero-order chi connectivity index (χ0) is 20.3. The number of aromatic nitrogens is 1. The fourth-order valence-corrected chi connectivity index (χ4v) is 5.00. The van der Waals surface area contributed by atoms with Gasteiger partial charge in [0.05, 0.1) is 5.52 Å².